The molecule has 1 aliphatic heterocycles. The van der Waals surface area contributed by atoms with Crippen molar-refractivity contribution < 1.29 is 4.39 Å². The summed E-state index contributed by atoms with van der Waals surface area (Å²) in [7, 11) is 0. The molecular weight excluding hydrogens is 239 g/mol. The number of nitrogens with two attached hydrogens (primary N) is 1. The van der Waals surface area contributed by atoms with Gasteiger partial charge in [-0.15, -0.1) is 0 Å². The number of nitrogens with zero attached hydrogens (tertiary/aromatic N) is 1. The minimum atomic E-state index is -0.155. The molecule has 1 saturated carbocycles. The van der Waals surface area contributed by atoms with Crippen molar-refractivity contribution in [2.75, 3.05) is 12.3 Å². The fraction of sp³-hybridized carbons (Fsp3) is 0.625. The van der Waals surface area contributed by atoms with Crippen molar-refractivity contribution >= 4 is 5.69 Å². The molecule has 0 aromatic heterocycles. The third kappa shape index (κ3) is 2.76. The first kappa shape index (κ1) is 12.9. The van der Waals surface area contributed by atoms with Crippen LogP contribution in [0.15, 0.2) is 18.2 Å². The highest BCUT2D eigenvalue weighted by Crippen LogP contribution is 2.36. The van der Waals surface area contributed by atoms with Gasteiger partial charge >= 0.3 is 0 Å². The van der Waals surface area contributed by atoms with Gasteiger partial charge in [0.2, 0.25) is 0 Å². The summed E-state index contributed by atoms with van der Waals surface area (Å²) in [6.45, 7) is 1.86. The Bertz CT molecular complexity index is 440. The van der Waals surface area contributed by atoms with Gasteiger partial charge in [0, 0.05) is 23.8 Å². The molecule has 0 bridgehead atoms. The second-order valence-corrected chi connectivity index (χ2v) is 6.08. The van der Waals surface area contributed by atoms with Crippen LogP contribution in [0, 0.1) is 11.7 Å². The number of hydrogen-bond acceptors (Lipinski definition) is 2. The van der Waals surface area contributed by atoms with Crippen LogP contribution in [0.5, 0.6) is 0 Å². The van der Waals surface area contributed by atoms with Crippen LogP contribution in [0.3, 0.4) is 0 Å². The van der Waals surface area contributed by atoms with E-state index in [4.69, 9.17) is 5.73 Å². The molecule has 104 valence electrons. The van der Waals surface area contributed by atoms with Crippen LogP contribution in [-0.2, 0) is 6.54 Å². The van der Waals surface area contributed by atoms with Crippen LogP contribution in [0.2, 0.25) is 0 Å². The van der Waals surface area contributed by atoms with E-state index in [0.29, 0.717) is 11.7 Å². The lowest BCUT2D eigenvalue weighted by atomic mass is 9.96. The fourth-order valence-electron chi connectivity index (χ4n) is 3.83. The first-order chi connectivity index (χ1) is 9.24. The van der Waals surface area contributed by atoms with Gasteiger partial charge in [0.05, 0.1) is 0 Å². The largest absolute Gasteiger partial charge is 0.399 e. The van der Waals surface area contributed by atoms with Gasteiger partial charge in [0.1, 0.15) is 5.82 Å². The molecule has 2 N–H and O–H groups in total. The molecule has 1 unspecified atom stereocenters. The summed E-state index contributed by atoms with van der Waals surface area (Å²) in [4.78, 5) is 2.49. The molecule has 3 heteroatoms. The molecule has 2 aliphatic rings. The molecule has 1 aromatic rings. The van der Waals surface area contributed by atoms with E-state index in [1.165, 1.54) is 44.6 Å². The molecule has 19 heavy (non-hydrogen) atoms. The molecule has 3 rings (SSSR count). The predicted molar refractivity (Wildman–Crippen MR) is 76.2 cm³/mol. The minimum Gasteiger partial charge on any atom is -0.399 e. The van der Waals surface area contributed by atoms with Gasteiger partial charge in [-0.3, -0.25) is 4.90 Å². The van der Waals surface area contributed by atoms with Gasteiger partial charge in [-0.1, -0.05) is 18.9 Å². The zero-order valence-corrected chi connectivity index (χ0v) is 11.4. The van der Waals surface area contributed by atoms with Gasteiger partial charge in [0.25, 0.3) is 0 Å². The first-order valence-electron chi connectivity index (χ1n) is 7.52. The van der Waals surface area contributed by atoms with Crippen molar-refractivity contribution in [3.63, 3.8) is 0 Å². The van der Waals surface area contributed by atoms with Crippen LogP contribution in [0.4, 0.5) is 10.1 Å². The standard InChI is InChI=1S/C16H23FN2/c17-15-10-14(18)8-7-13(15)11-19-9-3-6-16(19)12-4-1-2-5-12/h7-8,10,12,16H,1-6,9,11,18H2. The minimum absolute atomic E-state index is 0.155. The molecule has 2 fully saturated rings. The van der Waals surface area contributed by atoms with E-state index in [9.17, 15) is 4.39 Å². The van der Waals surface area contributed by atoms with Crippen LogP contribution in [-0.4, -0.2) is 17.5 Å². The van der Waals surface area contributed by atoms with Crippen LogP contribution >= 0.6 is 0 Å². The third-order valence-electron chi connectivity index (χ3n) is 4.81. The molecule has 0 spiro atoms. The Labute approximate surface area is 114 Å². The van der Waals surface area contributed by atoms with Gasteiger partial charge < -0.3 is 5.73 Å². The van der Waals surface area contributed by atoms with E-state index in [1.54, 1.807) is 6.07 Å². The number of hydrogen-bond donors (Lipinski definition) is 1. The number of anilines is 1. The molecule has 1 saturated heterocycles. The van der Waals surface area contributed by atoms with E-state index in [0.717, 1.165) is 24.6 Å². The molecule has 1 heterocycles. The SMILES string of the molecule is Nc1ccc(CN2CCCC2C2CCCC2)c(F)c1. The average molecular weight is 262 g/mol. The highest BCUT2D eigenvalue weighted by molar-refractivity contribution is 5.40. The van der Waals surface area contributed by atoms with Crippen LogP contribution in [0.25, 0.3) is 0 Å². The Hall–Kier alpha value is -1.09. The topological polar surface area (TPSA) is 29.3 Å². The van der Waals surface area contributed by atoms with Gasteiger partial charge in [-0.25, -0.2) is 4.39 Å². The van der Waals surface area contributed by atoms with Gasteiger partial charge in [-0.2, -0.15) is 0 Å². The summed E-state index contributed by atoms with van der Waals surface area (Å²) in [6.07, 6.45) is 8.05. The number of nitrogen functional groups attached to an aromatic ring is 1. The summed E-state index contributed by atoms with van der Waals surface area (Å²) >= 11 is 0. The fourth-order valence-corrected chi connectivity index (χ4v) is 3.83. The number of rotatable bonds is 3. The first-order valence-corrected chi connectivity index (χ1v) is 7.52. The van der Waals surface area contributed by atoms with Gasteiger partial charge in [-0.05, 0) is 50.3 Å². The van der Waals surface area contributed by atoms with E-state index in [-0.39, 0.29) is 5.82 Å². The van der Waals surface area contributed by atoms with E-state index in [1.807, 2.05) is 6.07 Å². The quantitative estimate of drug-likeness (QED) is 0.844. The summed E-state index contributed by atoms with van der Waals surface area (Å²) < 4.78 is 13.9. The van der Waals surface area contributed by atoms with Crippen molar-refractivity contribution in [3.8, 4) is 0 Å². The smallest absolute Gasteiger partial charge is 0.129 e. The molecule has 1 atom stereocenters. The molecule has 0 amide bonds. The maximum Gasteiger partial charge on any atom is 0.129 e. The molecule has 2 nitrogen and oxygen atoms in total. The van der Waals surface area contributed by atoms with Crippen molar-refractivity contribution in [2.24, 2.45) is 5.92 Å². The monoisotopic (exact) mass is 262 g/mol. The predicted octanol–water partition coefficient (Wildman–Crippen LogP) is 3.56. The molecular formula is C16H23FN2. The lowest BCUT2D eigenvalue weighted by molar-refractivity contribution is 0.181. The van der Waals surface area contributed by atoms with Crippen LogP contribution in [0.1, 0.15) is 44.1 Å². The Morgan fingerprint density at radius 3 is 2.68 bits per heavy atom. The summed E-state index contributed by atoms with van der Waals surface area (Å²) in [5.41, 5.74) is 6.91. The third-order valence-corrected chi connectivity index (χ3v) is 4.81. The normalized spacial score (nSPS) is 25.2. The second kappa shape index (κ2) is 5.49. The molecule has 0 radical (unpaired) electrons. The lowest BCUT2D eigenvalue weighted by Gasteiger charge is -2.29. The van der Waals surface area contributed by atoms with E-state index in [2.05, 4.69) is 4.90 Å². The van der Waals surface area contributed by atoms with E-state index >= 15 is 0 Å². The Morgan fingerprint density at radius 2 is 1.95 bits per heavy atom. The summed E-state index contributed by atoms with van der Waals surface area (Å²) in [5, 5.41) is 0. The highest BCUT2D eigenvalue weighted by Gasteiger charge is 2.33. The summed E-state index contributed by atoms with van der Waals surface area (Å²) in [6, 6.07) is 5.77. The highest BCUT2D eigenvalue weighted by atomic mass is 19.1. The second-order valence-electron chi connectivity index (χ2n) is 6.08. The van der Waals surface area contributed by atoms with Crippen molar-refractivity contribution in [3.05, 3.63) is 29.6 Å². The number of halogens is 1. The maximum absolute atomic E-state index is 13.9. The summed E-state index contributed by atoms with van der Waals surface area (Å²) in [5.74, 6) is 0.691. The van der Waals surface area contributed by atoms with Crippen molar-refractivity contribution in [1.29, 1.82) is 0 Å². The lowest BCUT2D eigenvalue weighted by Crippen LogP contribution is -2.34. The van der Waals surface area contributed by atoms with Crippen molar-refractivity contribution in [1.82, 2.24) is 4.90 Å². The van der Waals surface area contributed by atoms with Crippen molar-refractivity contribution in [2.45, 2.75) is 51.1 Å². The molecule has 1 aromatic carbocycles. The average Bonchev–Trinajstić information content (AvgIpc) is 3.03. The number of benzene rings is 1. The van der Waals surface area contributed by atoms with E-state index < -0.39 is 0 Å². The Morgan fingerprint density at radius 1 is 1.16 bits per heavy atom. The number of likely N-dealkylation sites (tertiary alicyclic amines) is 1. The Kier molecular flexibility index (Phi) is 3.74. The zero-order chi connectivity index (χ0) is 13.2. The maximum atomic E-state index is 13.9. The van der Waals surface area contributed by atoms with Crippen LogP contribution < -0.4 is 5.73 Å². The zero-order valence-electron chi connectivity index (χ0n) is 11.4. The van der Waals surface area contributed by atoms with Gasteiger partial charge in [0.15, 0.2) is 0 Å². The Balaban J connectivity index is 1.70. The molecule has 1 aliphatic carbocycles.